The molecule has 0 bridgehead atoms. The summed E-state index contributed by atoms with van der Waals surface area (Å²) in [6, 6.07) is 15.6. The fourth-order valence-electron chi connectivity index (χ4n) is 2.86. The first-order valence-corrected chi connectivity index (χ1v) is 9.01. The van der Waals surface area contributed by atoms with Crippen molar-refractivity contribution in [1.29, 1.82) is 0 Å². The molecule has 3 rings (SSSR count). The molecule has 6 nitrogen and oxygen atoms in total. The molecule has 0 spiro atoms. The van der Waals surface area contributed by atoms with Gasteiger partial charge in [-0.15, -0.1) is 0 Å². The Balaban J connectivity index is 1.63. The van der Waals surface area contributed by atoms with Crippen LogP contribution in [-0.2, 0) is 11.2 Å². The molecule has 1 aromatic heterocycles. The van der Waals surface area contributed by atoms with Crippen molar-refractivity contribution in [2.75, 3.05) is 13.7 Å². The van der Waals surface area contributed by atoms with Gasteiger partial charge in [0.15, 0.2) is 0 Å². The molecule has 3 aromatic rings. The van der Waals surface area contributed by atoms with Crippen LogP contribution in [0.15, 0.2) is 61.2 Å². The molecule has 1 unspecified atom stereocenters. The predicted octanol–water partition coefficient (Wildman–Crippen LogP) is 3.43. The summed E-state index contributed by atoms with van der Waals surface area (Å²) in [4.78, 5) is 18.4. The summed E-state index contributed by atoms with van der Waals surface area (Å²) >= 11 is 0. The Morgan fingerprint density at radius 1 is 1.15 bits per heavy atom. The third kappa shape index (κ3) is 4.53. The van der Waals surface area contributed by atoms with Gasteiger partial charge < -0.3 is 9.64 Å². The largest absolute Gasteiger partial charge is 0.494 e. The van der Waals surface area contributed by atoms with E-state index < -0.39 is 0 Å². The van der Waals surface area contributed by atoms with E-state index in [0.29, 0.717) is 13.0 Å². The van der Waals surface area contributed by atoms with Crippen molar-refractivity contribution < 1.29 is 9.53 Å². The lowest BCUT2D eigenvalue weighted by Gasteiger charge is -2.25. The Hall–Kier alpha value is -3.15. The van der Waals surface area contributed by atoms with E-state index in [1.165, 1.54) is 6.33 Å². The summed E-state index contributed by atoms with van der Waals surface area (Å²) in [5.41, 5.74) is 2.98. The molecule has 1 amide bonds. The first-order chi connectivity index (χ1) is 13.1. The highest BCUT2D eigenvalue weighted by Gasteiger charge is 2.18. The van der Waals surface area contributed by atoms with Crippen LogP contribution in [0.25, 0.3) is 5.69 Å². The minimum atomic E-state index is -0.0232. The maximum atomic E-state index is 12.7. The van der Waals surface area contributed by atoms with Crippen molar-refractivity contribution in [2.45, 2.75) is 26.3 Å². The number of rotatable bonds is 7. The zero-order chi connectivity index (χ0) is 19.2. The van der Waals surface area contributed by atoms with Crippen molar-refractivity contribution in [2.24, 2.45) is 0 Å². The molecule has 0 radical (unpaired) electrons. The van der Waals surface area contributed by atoms with E-state index in [4.69, 9.17) is 4.74 Å². The Morgan fingerprint density at radius 3 is 2.44 bits per heavy atom. The number of benzene rings is 2. The lowest BCUT2D eigenvalue weighted by molar-refractivity contribution is -0.131. The first-order valence-electron chi connectivity index (χ1n) is 9.01. The molecule has 0 aliphatic carbocycles. The van der Waals surface area contributed by atoms with Gasteiger partial charge in [0.2, 0.25) is 5.91 Å². The Bertz CT molecular complexity index is 858. The van der Waals surface area contributed by atoms with Crippen molar-refractivity contribution in [3.63, 3.8) is 0 Å². The maximum Gasteiger partial charge on any atom is 0.227 e. The number of amides is 1. The van der Waals surface area contributed by atoms with Gasteiger partial charge in [0.05, 0.1) is 24.8 Å². The van der Waals surface area contributed by atoms with Crippen LogP contribution in [0, 0.1) is 0 Å². The van der Waals surface area contributed by atoms with Gasteiger partial charge >= 0.3 is 0 Å². The number of hydrogen-bond donors (Lipinski definition) is 0. The zero-order valence-corrected chi connectivity index (χ0v) is 15.9. The van der Waals surface area contributed by atoms with Gasteiger partial charge in [-0.3, -0.25) is 4.79 Å². The average molecular weight is 364 g/mol. The van der Waals surface area contributed by atoms with Crippen LogP contribution < -0.4 is 4.74 Å². The summed E-state index contributed by atoms with van der Waals surface area (Å²) in [5.74, 6) is 0.898. The van der Waals surface area contributed by atoms with E-state index >= 15 is 0 Å². The second-order valence-corrected chi connectivity index (χ2v) is 6.37. The Labute approximate surface area is 159 Å². The van der Waals surface area contributed by atoms with Crippen molar-refractivity contribution in [3.05, 3.63) is 72.3 Å². The summed E-state index contributed by atoms with van der Waals surface area (Å²) in [7, 11) is 1.84. The number of likely N-dealkylation sites (N-methyl/N-ethyl adjacent to an activating group) is 1. The normalized spacial score (nSPS) is 11.8. The molecule has 6 heteroatoms. The first kappa shape index (κ1) is 18.6. The van der Waals surface area contributed by atoms with Crippen molar-refractivity contribution in [1.82, 2.24) is 19.7 Å². The third-order valence-corrected chi connectivity index (χ3v) is 4.62. The second-order valence-electron chi connectivity index (χ2n) is 6.37. The van der Waals surface area contributed by atoms with E-state index in [2.05, 4.69) is 10.1 Å². The number of carbonyl (C=O) groups excluding carboxylic acids is 1. The van der Waals surface area contributed by atoms with Crippen LogP contribution in [0.2, 0.25) is 0 Å². The van der Waals surface area contributed by atoms with E-state index in [0.717, 1.165) is 22.6 Å². The van der Waals surface area contributed by atoms with E-state index in [1.807, 2.05) is 69.4 Å². The van der Waals surface area contributed by atoms with Gasteiger partial charge in [-0.25, -0.2) is 9.67 Å². The molecule has 2 aromatic carbocycles. The average Bonchev–Trinajstić information content (AvgIpc) is 3.23. The SMILES string of the molecule is CCOc1ccc(CC(=O)N(C)C(C)c2ccc(-n3cncn3)cc2)cc1. The topological polar surface area (TPSA) is 60.2 Å². The molecule has 27 heavy (non-hydrogen) atoms. The number of aromatic nitrogens is 3. The van der Waals surface area contributed by atoms with Crippen LogP contribution in [0.1, 0.15) is 31.0 Å². The molecular formula is C21H24N4O2. The highest BCUT2D eigenvalue weighted by Crippen LogP contribution is 2.21. The molecule has 0 saturated carbocycles. The van der Waals surface area contributed by atoms with Gasteiger partial charge in [0.25, 0.3) is 0 Å². The summed E-state index contributed by atoms with van der Waals surface area (Å²) < 4.78 is 7.14. The summed E-state index contributed by atoms with van der Waals surface area (Å²) in [6.07, 6.45) is 3.53. The van der Waals surface area contributed by atoms with Crippen molar-refractivity contribution >= 4 is 5.91 Å². The van der Waals surface area contributed by atoms with Crippen molar-refractivity contribution in [3.8, 4) is 11.4 Å². The second kappa shape index (κ2) is 8.49. The maximum absolute atomic E-state index is 12.7. The number of hydrogen-bond acceptors (Lipinski definition) is 4. The number of ether oxygens (including phenoxy) is 1. The zero-order valence-electron chi connectivity index (χ0n) is 15.9. The predicted molar refractivity (Wildman–Crippen MR) is 104 cm³/mol. The molecule has 1 atom stereocenters. The molecule has 0 aliphatic heterocycles. The standard InChI is InChI=1S/C21H24N4O2/c1-4-27-20-11-5-17(6-12-20)13-21(26)24(3)16(2)18-7-9-19(10-8-18)25-15-22-14-23-25/h5-12,14-16H,4,13H2,1-3H3. The summed E-state index contributed by atoms with van der Waals surface area (Å²) in [6.45, 7) is 4.61. The molecule has 0 aliphatic rings. The molecule has 0 fully saturated rings. The molecular weight excluding hydrogens is 340 g/mol. The highest BCUT2D eigenvalue weighted by atomic mass is 16.5. The summed E-state index contributed by atoms with van der Waals surface area (Å²) in [5, 5.41) is 4.12. The molecule has 140 valence electrons. The lowest BCUT2D eigenvalue weighted by Crippen LogP contribution is -2.30. The minimum absolute atomic E-state index is 0.0232. The van der Waals surface area contributed by atoms with E-state index in [-0.39, 0.29) is 11.9 Å². The van der Waals surface area contributed by atoms with Crippen LogP contribution in [0.5, 0.6) is 5.75 Å². The highest BCUT2D eigenvalue weighted by molar-refractivity contribution is 5.79. The molecule has 0 saturated heterocycles. The third-order valence-electron chi connectivity index (χ3n) is 4.62. The fourth-order valence-corrected chi connectivity index (χ4v) is 2.86. The lowest BCUT2D eigenvalue weighted by atomic mass is 10.1. The van der Waals surface area contributed by atoms with Gasteiger partial charge in [-0.1, -0.05) is 24.3 Å². The van der Waals surface area contributed by atoms with Gasteiger partial charge in [-0.05, 0) is 49.2 Å². The quantitative estimate of drug-likeness (QED) is 0.644. The molecule has 1 heterocycles. The minimum Gasteiger partial charge on any atom is -0.494 e. The van der Waals surface area contributed by atoms with Crippen LogP contribution in [-0.4, -0.2) is 39.2 Å². The van der Waals surface area contributed by atoms with E-state index in [9.17, 15) is 4.79 Å². The van der Waals surface area contributed by atoms with E-state index in [1.54, 1.807) is 15.9 Å². The van der Waals surface area contributed by atoms with Gasteiger partial charge in [0, 0.05) is 7.05 Å². The Kier molecular flexibility index (Phi) is 5.86. The van der Waals surface area contributed by atoms with Crippen LogP contribution >= 0.6 is 0 Å². The number of carbonyl (C=O) groups is 1. The molecule has 0 N–H and O–H groups in total. The fraction of sp³-hybridized carbons (Fsp3) is 0.286. The number of nitrogens with zero attached hydrogens (tertiary/aromatic N) is 4. The monoisotopic (exact) mass is 364 g/mol. The Morgan fingerprint density at radius 2 is 1.85 bits per heavy atom. The van der Waals surface area contributed by atoms with Gasteiger partial charge in [-0.2, -0.15) is 5.10 Å². The van der Waals surface area contributed by atoms with Crippen LogP contribution in [0.3, 0.4) is 0 Å². The van der Waals surface area contributed by atoms with Gasteiger partial charge in [0.1, 0.15) is 18.4 Å². The van der Waals surface area contributed by atoms with Crippen LogP contribution in [0.4, 0.5) is 0 Å². The smallest absolute Gasteiger partial charge is 0.227 e.